The molecule has 2 aromatic rings. The van der Waals surface area contributed by atoms with Crippen LogP contribution in [0.1, 0.15) is 6.92 Å². The molecule has 1 unspecified atom stereocenters. The summed E-state index contributed by atoms with van der Waals surface area (Å²) in [6.07, 6.45) is 0. The fraction of sp³-hybridized carbons (Fsp3) is 0.188. The largest absolute Gasteiger partial charge is 0.497 e. The number of nitrogens with one attached hydrogen (secondary N) is 1. The van der Waals surface area contributed by atoms with Gasteiger partial charge in [0.25, 0.3) is 5.69 Å². The lowest BCUT2D eigenvalue weighted by molar-refractivity contribution is -0.384. The zero-order valence-electron chi connectivity index (χ0n) is 13.0. The fourth-order valence-corrected chi connectivity index (χ4v) is 2.97. The van der Waals surface area contributed by atoms with Gasteiger partial charge in [0.15, 0.2) is 0 Å². The van der Waals surface area contributed by atoms with Crippen LogP contribution in [0.5, 0.6) is 5.75 Å². The molecule has 2 aromatic carbocycles. The van der Waals surface area contributed by atoms with E-state index in [4.69, 9.17) is 16.3 Å². The van der Waals surface area contributed by atoms with Crippen LogP contribution >= 0.6 is 23.4 Å². The van der Waals surface area contributed by atoms with Gasteiger partial charge in [-0.15, -0.1) is 11.8 Å². The first-order valence-corrected chi connectivity index (χ1v) is 8.22. The van der Waals surface area contributed by atoms with Crippen molar-refractivity contribution in [3.8, 4) is 5.75 Å². The molecule has 24 heavy (non-hydrogen) atoms. The topological polar surface area (TPSA) is 81.5 Å². The number of rotatable bonds is 6. The summed E-state index contributed by atoms with van der Waals surface area (Å²) in [4.78, 5) is 23.5. The maximum atomic E-state index is 12.3. The molecule has 0 fully saturated rings. The highest BCUT2D eigenvalue weighted by Gasteiger charge is 2.18. The quantitative estimate of drug-likeness (QED) is 0.466. The molecule has 8 heteroatoms. The third kappa shape index (κ3) is 4.62. The Kier molecular flexibility index (Phi) is 6.05. The van der Waals surface area contributed by atoms with Gasteiger partial charge < -0.3 is 10.1 Å². The lowest BCUT2D eigenvalue weighted by Gasteiger charge is -2.13. The van der Waals surface area contributed by atoms with Crippen LogP contribution in [0.25, 0.3) is 0 Å². The summed E-state index contributed by atoms with van der Waals surface area (Å²) in [7, 11) is 1.57. The molecule has 0 aliphatic rings. The number of nitro groups is 1. The maximum absolute atomic E-state index is 12.3. The zero-order valence-corrected chi connectivity index (χ0v) is 14.6. The van der Waals surface area contributed by atoms with Crippen molar-refractivity contribution in [3.63, 3.8) is 0 Å². The third-order valence-corrected chi connectivity index (χ3v) is 4.57. The van der Waals surface area contributed by atoms with Crippen molar-refractivity contribution in [1.82, 2.24) is 0 Å². The van der Waals surface area contributed by atoms with Crippen molar-refractivity contribution in [3.05, 3.63) is 57.6 Å². The number of ether oxygens (including phenoxy) is 1. The Labute approximate surface area is 148 Å². The number of anilines is 1. The Hall–Kier alpha value is -2.25. The molecule has 0 spiro atoms. The number of thioether (sulfide) groups is 1. The lowest BCUT2D eigenvalue weighted by atomic mass is 10.2. The Morgan fingerprint density at radius 3 is 2.75 bits per heavy atom. The molecule has 0 aliphatic carbocycles. The molecule has 1 N–H and O–H groups in total. The highest BCUT2D eigenvalue weighted by Crippen LogP contribution is 2.30. The van der Waals surface area contributed by atoms with E-state index in [0.717, 1.165) is 4.90 Å². The van der Waals surface area contributed by atoms with E-state index in [2.05, 4.69) is 5.32 Å². The summed E-state index contributed by atoms with van der Waals surface area (Å²) >= 11 is 7.34. The monoisotopic (exact) mass is 366 g/mol. The van der Waals surface area contributed by atoms with Gasteiger partial charge in [0.05, 0.1) is 28.0 Å². The molecule has 0 saturated heterocycles. The van der Waals surface area contributed by atoms with Crippen molar-refractivity contribution in [2.45, 2.75) is 17.1 Å². The first kappa shape index (κ1) is 18.1. The standard InChI is InChI=1S/C16H15ClN2O4S/c1-10(24-13-5-3-4-12(9-13)23-2)16(20)18-15-8-11(19(21)22)6-7-14(15)17/h3-10H,1-2H3,(H,18,20). The van der Waals surface area contributed by atoms with E-state index in [9.17, 15) is 14.9 Å². The number of carbonyl (C=O) groups excluding carboxylic acids is 1. The van der Waals surface area contributed by atoms with E-state index in [1.165, 1.54) is 30.0 Å². The second-order valence-corrected chi connectivity index (χ2v) is 6.67. The Morgan fingerprint density at radius 2 is 2.08 bits per heavy atom. The highest BCUT2D eigenvalue weighted by atomic mass is 35.5. The first-order chi connectivity index (χ1) is 11.4. The number of amides is 1. The van der Waals surface area contributed by atoms with Gasteiger partial charge in [0, 0.05) is 17.0 Å². The molecule has 0 aromatic heterocycles. The van der Waals surface area contributed by atoms with Crippen LogP contribution < -0.4 is 10.1 Å². The van der Waals surface area contributed by atoms with Crippen LogP contribution in [0.3, 0.4) is 0 Å². The fourth-order valence-electron chi connectivity index (χ4n) is 1.89. The number of nitro benzene ring substituents is 1. The predicted molar refractivity (Wildman–Crippen MR) is 95.0 cm³/mol. The van der Waals surface area contributed by atoms with E-state index >= 15 is 0 Å². The number of benzene rings is 2. The summed E-state index contributed by atoms with van der Waals surface area (Å²) in [5.74, 6) is 0.402. The molecule has 1 atom stereocenters. The molecule has 6 nitrogen and oxygen atoms in total. The Bertz CT molecular complexity index is 769. The predicted octanol–water partition coefficient (Wildman–Crippen LogP) is 4.38. The van der Waals surface area contributed by atoms with E-state index in [0.29, 0.717) is 5.75 Å². The van der Waals surface area contributed by atoms with Gasteiger partial charge in [-0.05, 0) is 31.2 Å². The number of carbonyl (C=O) groups is 1. The molecule has 0 aliphatic heterocycles. The van der Waals surface area contributed by atoms with Crippen molar-refractivity contribution >= 4 is 40.6 Å². The first-order valence-electron chi connectivity index (χ1n) is 6.96. The SMILES string of the molecule is COc1cccc(SC(C)C(=O)Nc2cc([N+](=O)[O-])ccc2Cl)c1. The average molecular weight is 367 g/mol. The van der Waals surface area contributed by atoms with Gasteiger partial charge in [-0.2, -0.15) is 0 Å². The van der Waals surface area contributed by atoms with Gasteiger partial charge in [0.2, 0.25) is 5.91 Å². The van der Waals surface area contributed by atoms with E-state index < -0.39 is 10.2 Å². The Morgan fingerprint density at radius 1 is 1.33 bits per heavy atom. The molecule has 1 amide bonds. The van der Waals surface area contributed by atoms with Crippen LogP contribution in [0, 0.1) is 10.1 Å². The summed E-state index contributed by atoms with van der Waals surface area (Å²) in [6, 6.07) is 11.3. The van der Waals surface area contributed by atoms with Crippen molar-refractivity contribution in [1.29, 1.82) is 0 Å². The van der Waals surface area contributed by atoms with Crippen LogP contribution in [0.2, 0.25) is 5.02 Å². The van der Waals surface area contributed by atoms with Gasteiger partial charge in [-0.3, -0.25) is 14.9 Å². The van der Waals surface area contributed by atoms with Crippen LogP contribution in [0.15, 0.2) is 47.4 Å². The summed E-state index contributed by atoms with van der Waals surface area (Å²) in [5, 5.41) is 13.3. The number of methoxy groups -OCH3 is 1. The minimum atomic E-state index is -0.541. The second-order valence-electron chi connectivity index (χ2n) is 4.85. The van der Waals surface area contributed by atoms with Crippen LogP contribution in [-0.2, 0) is 4.79 Å². The Balaban J connectivity index is 2.08. The average Bonchev–Trinajstić information content (AvgIpc) is 2.56. The summed E-state index contributed by atoms with van der Waals surface area (Å²) in [6.45, 7) is 1.74. The van der Waals surface area contributed by atoms with Gasteiger partial charge in [-0.25, -0.2) is 0 Å². The normalized spacial score (nSPS) is 11.6. The molecule has 0 bridgehead atoms. The molecule has 2 rings (SSSR count). The zero-order chi connectivity index (χ0) is 17.7. The molecule has 126 valence electrons. The summed E-state index contributed by atoms with van der Waals surface area (Å²) < 4.78 is 5.15. The number of halogens is 1. The van der Waals surface area contributed by atoms with Gasteiger partial charge in [-0.1, -0.05) is 17.7 Å². The van der Waals surface area contributed by atoms with Crippen LogP contribution in [-0.4, -0.2) is 23.2 Å². The molecular weight excluding hydrogens is 352 g/mol. The maximum Gasteiger partial charge on any atom is 0.271 e. The second kappa shape index (κ2) is 8.03. The minimum Gasteiger partial charge on any atom is -0.497 e. The molecular formula is C16H15ClN2O4S. The number of hydrogen-bond donors (Lipinski definition) is 1. The number of non-ortho nitro benzene ring substituents is 1. The molecule has 0 radical (unpaired) electrons. The van der Waals surface area contributed by atoms with Gasteiger partial charge in [0.1, 0.15) is 5.75 Å². The molecule has 0 heterocycles. The van der Waals surface area contributed by atoms with E-state index in [-0.39, 0.29) is 22.3 Å². The van der Waals surface area contributed by atoms with E-state index in [1.807, 2.05) is 24.3 Å². The smallest absolute Gasteiger partial charge is 0.271 e. The summed E-state index contributed by atoms with van der Waals surface area (Å²) in [5.41, 5.74) is 0.0803. The third-order valence-electron chi connectivity index (χ3n) is 3.14. The number of nitrogens with zero attached hydrogens (tertiary/aromatic N) is 1. The highest BCUT2D eigenvalue weighted by molar-refractivity contribution is 8.00. The molecule has 0 saturated carbocycles. The van der Waals surface area contributed by atoms with Crippen molar-refractivity contribution in [2.24, 2.45) is 0 Å². The van der Waals surface area contributed by atoms with Crippen LogP contribution in [0.4, 0.5) is 11.4 Å². The number of hydrogen-bond acceptors (Lipinski definition) is 5. The minimum absolute atomic E-state index is 0.136. The van der Waals surface area contributed by atoms with Crippen molar-refractivity contribution in [2.75, 3.05) is 12.4 Å². The lowest BCUT2D eigenvalue weighted by Crippen LogP contribution is -2.22. The van der Waals surface area contributed by atoms with Gasteiger partial charge >= 0.3 is 0 Å². The van der Waals surface area contributed by atoms with E-state index in [1.54, 1.807) is 14.0 Å². The van der Waals surface area contributed by atoms with Crippen molar-refractivity contribution < 1.29 is 14.5 Å².